The van der Waals surface area contributed by atoms with Crippen LogP contribution in [0.25, 0.3) is 0 Å². The summed E-state index contributed by atoms with van der Waals surface area (Å²) in [4.78, 5) is 11.2. The highest BCUT2D eigenvalue weighted by Crippen LogP contribution is 2.26. The van der Waals surface area contributed by atoms with E-state index in [1.54, 1.807) is 6.92 Å². The molecule has 1 fully saturated rings. The van der Waals surface area contributed by atoms with Gasteiger partial charge in [0.2, 0.25) is 0 Å². The first-order valence-corrected chi connectivity index (χ1v) is 4.81. The summed E-state index contributed by atoms with van der Waals surface area (Å²) < 4.78 is 5.15. The molecule has 0 amide bonds. The highest BCUT2D eigenvalue weighted by atomic mass is 16.6. The predicted molar refractivity (Wildman–Crippen MR) is 49.7 cm³/mol. The lowest BCUT2D eigenvalue weighted by atomic mass is 9.92. The van der Waals surface area contributed by atoms with Gasteiger partial charge in [-0.3, -0.25) is 10.5 Å². The van der Waals surface area contributed by atoms with Gasteiger partial charge in [-0.1, -0.05) is 6.42 Å². The van der Waals surface area contributed by atoms with E-state index >= 15 is 0 Å². The normalized spacial score (nSPS) is 23.6. The molecule has 0 radical (unpaired) electrons. The van der Waals surface area contributed by atoms with Crippen LogP contribution in [0.15, 0.2) is 0 Å². The molecule has 0 aliphatic heterocycles. The third kappa shape index (κ3) is 2.97. The molecule has 1 rings (SSSR count). The largest absolute Gasteiger partial charge is 0.443 e. The molecule has 1 aliphatic carbocycles. The molecule has 1 atom stereocenters. The Kier molecular flexibility index (Phi) is 3.27. The molecule has 0 heterocycles. The Labute approximate surface area is 78.6 Å². The van der Waals surface area contributed by atoms with Gasteiger partial charge < -0.3 is 10.5 Å². The van der Waals surface area contributed by atoms with E-state index in [2.05, 4.69) is 0 Å². The van der Waals surface area contributed by atoms with E-state index in [4.69, 9.17) is 16.2 Å². The van der Waals surface area contributed by atoms with Crippen molar-refractivity contribution < 1.29 is 9.53 Å². The molecule has 76 valence electrons. The molecule has 4 nitrogen and oxygen atoms in total. The lowest BCUT2D eigenvalue weighted by Crippen LogP contribution is -2.48. The molecule has 0 aromatic carbocycles. The first-order chi connectivity index (χ1) is 6.03. The highest BCUT2D eigenvalue weighted by Gasteiger charge is 2.32. The van der Waals surface area contributed by atoms with Crippen LogP contribution in [-0.4, -0.2) is 17.7 Å². The Hall–Kier alpha value is -0.610. The van der Waals surface area contributed by atoms with Crippen molar-refractivity contribution in [3.8, 4) is 0 Å². The van der Waals surface area contributed by atoms with Crippen molar-refractivity contribution in [1.29, 1.82) is 0 Å². The first-order valence-electron chi connectivity index (χ1n) is 4.81. The van der Waals surface area contributed by atoms with Crippen molar-refractivity contribution in [3.63, 3.8) is 0 Å². The number of ether oxygens (including phenoxy) is 1. The maximum Gasteiger partial charge on any atom is 0.324 e. The van der Waals surface area contributed by atoms with Crippen molar-refractivity contribution in [2.45, 2.75) is 50.8 Å². The van der Waals surface area contributed by atoms with Crippen LogP contribution >= 0.6 is 0 Å². The number of nitrogens with two attached hydrogens (primary N) is 2. The van der Waals surface area contributed by atoms with E-state index in [0.717, 1.165) is 25.7 Å². The van der Waals surface area contributed by atoms with E-state index < -0.39 is 17.7 Å². The quantitative estimate of drug-likeness (QED) is 0.486. The van der Waals surface area contributed by atoms with Crippen molar-refractivity contribution >= 4 is 5.97 Å². The molecular formula is C9H18N2O2. The summed E-state index contributed by atoms with van der Waals surface area (Å²) in [6.07, 6.45) is 4.75. The van der Waals surface area contributed by atoms with E-state index in [0.29, 0.717) is 0 Å². The molecule has 0 saturated heterocycles. The van der Waals surface area contributed by atoms with E-state index in [1.807, 2.05) is 0 Å². The van der Waals surface area contributed by atoms with Crippen molar-refractivity contribution in [2.75, 3.05) is 0 Å². The number of hydrogen-bond acceptors (Lipinski definition) is 4. The van der Waals surface area contributed by atoms with Crippen LogP contribution in [0.1, 0.15) is 39.0 Å². The molecule has 1 aliphatic rings. The first kappa shape index (κ1) is 10.5. The second-order valence-corrected chi connectivity index (χ2v) is 3.84. The fourth-order valence-electron chi connectivity index (χ4n) is 1.55. The molecule has 0 aromatic heterocycles. The van der Waals surface area contributed by atoms with E-state index in [1.165, 1.54) is 6.42 Å². The van der Waals surface area contributed by atoms with E-state index in [9.17, 15) is 4.79 Å². The summed E-state index contributed by atoms with van der Waals surface area (Å²) in [5.41, 5.74) is 10.5. The molecule has 4 heteroatoms. The lowest BCUT2D eigenvalue weighted by molar-refractivity contribution is -0.163. The molecule has 0 aromatic rings. The molecule has 0 bridgehead atoms. The Morgan fingerprint density at radius 3 is 2.38 bits per heavy atom. The van der Waals surface area contributed by atoms with Gasteiger partial charge in [-0.05, 0) is 19.8 Å². The minimum Gasteiger partial charge on any atom is -0.443 e. The third-order valence-corrected chi connectivity index (χ3v) is 2.38. The summed E-state index contributed by atoms with van der Waals surface area (Å²) in [6.45, 7) is 1.61. The van der Waals surface area contributed by atoms with Crippen LogP contribution < -0.4 is 11.5 Å². The summed E-state index contributed by atoms with van der Waals surface area (Å²) >= 11 is 0. The molecular weight excluding hydrogens is 168 g/mol. The van der Waals surface area contributed by atoms with Crippen LogP contribution in [-0.2, 0) is 9.53 Å². The van der Waals surface area contributed by atoms with Gasteiger partial charge in [0, 0.05) is 12.8 Å². The van der Waals surface area contributed by atoms with Crippen molar-refractivity contribution in [2.24, 2.45) is 11.5 Å². The molecule has 4 N–H and O–H groups in total. The maximum absolute atomic E-state index is 11.2. The number of hydrogen-bond donors (Lipinski definition) is 2. The number of carbonyl (C=O) groups is 1. The third-order valence-electron chi connectivity index (χ3n) is 2.38. The standard InChI is InChI=1S/C9H18N2O2/c1-7(10)8(12)13-9(11)5-3-2-4-6-9/h7H,2-6,10-11H2,1H3/t7-/m0/s1. The number of carbonyl (C=O) groups excluding carboxylic acids is 1. The average molecular weight is 186 g/mol. The van der Waals surface area contributed by atoms with Crippen LogP contribution in [0.4, 0.5) is 0 Å². The summed E-state index contributed by atoms with van der Waals surface area (Å²) in [5.74, 6) is -0.399. The SMILES string of the molecule is C[C@H](N)C(=O)OC1(N)CCCCC1. The van der Waals surface area contributed by atoms with Gasteiger partial charge >= 0.3 is 5.97 Å². The minimum atomic E-state index is -0.747. The fourth-order valence-corrected chi connectivity index (χ4v) is 1.55. The van der Waals surface area contributed by atoms with Crippen LogP contribution in [0.5, 0.6) is 0 Å². The Morgan fingerprint density at radius 1 is 1.38 bits per heavy atom. The van der Waals surface area contributed by atoms with Gasteiger partial charge in [-0.15, -0.1) is 0 Å². The van der Waals surface area contributed by atoms with Gasteiger partial charge in [0.1, 0.15) is 6.04 Å². The zero-order chi connectivity index (χ0) is 9.90. The van der Waals surface area contributed by atoms with Crippen LogP contribution in [0.3, 0.4) is 0 Å². The second kappa shape index (κ2) is 4.07. The summed E-state index contributed by atoms with van der Waals surface area (Å²) in [6, 6.07) is -0.581. The van der Waals surface area contributed by atoms with Gasteiger partial charge in [-0.2, -0.15) is 0 Å². The van der Waals surface area contributed by atoms with Gasteiger partial charge in [0.05, 0.1) is 0 Å². The van der Waals surface area contributed by atoms with Gasteiger partial charge in [-0.25, -0.2) is 0 Å². The minimum absolute atomic E-state index is 0.399. The zero-order valence-electron chi connectivity index (χ0n) is 8.08. The monoisotopic (exact) mass is 186 g/mol. The topological polar surface area (TPSA) is 78.3 Å². The molecule has 13 heavy (non-hydrogen) atoms. The second-order valence-electron chi connectivity index (χ2n) is 3.84. The molecule has 1 saturated carbocycles. The summed E-state index contributed by atoms with van der Waals surface area (Å²) in [5, 5.41) is 0. The maximum atomic E-state index is 11.2. The molecule has 0 unspecified atom stereocenters. The lowest BCUT2D eigenvalue weighted by Gasteiger charge is -2.33. The Morgan fingerprint density at radius 2 is 1.92 bits per heavy atom. The summed E-state index contributed by atoms with van der Waals surface area (Å²) in [7, 11) is 0. The smallest absolute Gasteiger partial charge is 0.324 e. The van der Waals surface area contributed by atoms with Gasteiger partial charge in [0.15, 0.2) is 5.72 Å². The fraction of sp³-hybridized carbons (Fsp3) is 0.889. The van der Waals surface area contributed by atoms with Gasteiger partial charge in [0.25, 0.3) is 0 Å². The predicted octanol–water partition coefficient (Wildman–Crippen LogP) is 0.496. The van der Waals surface area contributed by atoms with E-state index in [-0.39, 0.29) is 0 Å². The van der Waals surface area contributed by atoms with Crippen LogP contribution in [0.2, 0.25) is 0 Å². The Bertz CT molecular complexity index is 186. The van der Waals surface area contributed by atoms with Crippen LogP contribution in [0, 0.1) is 0 Å². The molecule has 0 spiro atoms. The average Bonchev–Trinajstić information content (AvgIpc) is 2.04. The highest BCUT2D eigenvalue weighted by molar-refractivity contribution is 5.75. The van der Waals surface area contributed by atoms with Crippen molar-refractivity contribution in [3.05, 3.63) is 0 Å². The number of esters is 1. The zero-order valence-corrected chi connectivity index (χ0v) is 8.08. The Balaban J connectivity index is 2.45. The number of rotatable bonds is 2. The van der Waals surface area contributed by atoms with Crippen molar-refractivity contribution in [1.82, 2.24) is 0 Å².